The Morgan fingerprint density at radius 2 is 1.82 bits per heavy atom. The highest BCUT2D eigenvalue weighted by Crippen LogP contribution is 2.14. The third-order valence-electron chi connectivity index (χ3n) is 1.79. The summed E-state index contributed by atoms with van der Waals surface area (Å²) >= 11 is 0. The molecule has 1 rings (SSSR count). The number of ether oxygens (including phenoxy) is 1. The van der Waals surface area contributed by atoms with Crippen LogP contribution in [-0.2, 0) is 4.74 Å². The van der Waals surface area contributed by atoms with Crippen LogP contribution in [0.3, 0.4) is 0 Å². The van der Waals surface area contributed by atoms with Gasteiger partial charge >= 0.3 is 0 Å². The summed E-state index contributed by atoms with van der Waals surface area (Å²) in [6.07, 6.45) is -4.27. The van der Waals surface area contributed by atoms with E-state index in [0.717, 1.165) is 0 Å². The van der Waals surface area contributed by atoms with E-state index < -0.39 is 24.4 Å². The first-order valence-electron chi connectivity index (χ1n) is 3.43. The van der Waals surface area contributed by atoms with E-state index in [2.05, 4.69) is 0 Å². The number of hydrogen-bond acceptors (Lipinski definition) is 5. The van der Waals surface area contributed by atoms with Crippen molar-refractivity contribution in [3.63, 3.8) is 0 Å². The van der Waals surface area contributed by atoms with Crippen molar-refractivity contribution in [1.29, 1.82) is 0 Å². The molecule has 1 unspecified atom stereocenters. The van der Waals surface area contributed by atoms with E-state index in [4.69, 9.17) is 25.2 Å². The maximum Gasteiger partial charge on any atom is 0.111 e. The summed E-state index contributed by atoms with van der Waals surface area (Å²) in [5.74, 6) is 0. The van der Waals surface area contributed by atoms with Crippen LogP contribution < -0.4 is 0 Å². The van der Waals surface area contributed by atoms with Crippen LogP contribution >= 0.6 is 0 Å². The molecule has 0 spiro atoms. The lowest BCUT2D eigenvalue weighted by atomic mass is 10.0. The Morgan fingerprint density at radius 3 is 2.36 bits per heavy atom. The second-order valence-corrected chi connectivity index (χ2v) is 2.60. The van der Waals surface area contributed by atoms with Gasteiger partial charge in [-0.25, -0.2) is 0 Å². The molecule has 4 atom stereocenters. The van der Waals surface area contributed by atoms with Gasteiger partial charge in [0.05, 0.1) is 13.2 Å². The highest BCUT2D eigenvalue weighted by molar-refractivity contribution is 4.85. The minimum atomic E-state index is -1.22. The van der Waals surface area contributed by atoms with Crippen molar-refractivity contribution in [3.8, 4) is 0 Å². The normalized spacial score (nSPS) is 45.8. The fraction of sp³-hybridized carbons (Fsp3) is 1.00. The van der Waals surface area contributed by atoms with E-state index in [0.29, 0.717) is 0 Å². The van der Waals surface area contributed by atoms with Gasteiger partial charge in [-0.3, -0.25) is 0 Å². The Bertz CT molecular complexity index is 126. The molecule has 1 fully saturated rings. The topological polar surface area (TPSA) is 90.2 Å². The molecular formula is C6H12O5. The summed E-state index contributed by atoms with van der Waals surface area (Å²) in [6.45, 7) is -0.408. The standard InChI is InChI=1S/C6H12O5/c7-1-4-6(10)5(9)3(8)2-11-4/h3-10H,1-2H2/t3?,4-,5+,6+/m1/s1. The van der Waals surface area contributed by atoms with Crippen LogP contribution in [0.25, 0.3) is 0 Å². The third kappa shape index (κ3) is 1.69. The van der Waals surface area contributed by atoms with E-state index in [1.165, 1.54) is 0 Å². The van der Waals surface area contributed by atoms with Crippen molar-refractivity contribution in [2.45, 2.75) is 24.4 Å². The van der Waals surface area contributed by atoms with Crippen LogP contribution in [0.2, 0.25) is 0 Å². The molecule has 0 bridgehead atoms. The van der Waals surface area contributed by atoms with Crippen molar-refractivity contribution in [3.05, 3.63) is 0 Å². The van der Waals surface area contributed by atoms with Crippen LogP contribution in [0.4, 0.5) is 0 Å². The Morgan fingerprint density at radius 1 is 1.18 bits per heavy atom. The van der Waals surface area contributed by atoms with Crippen LogP contribution in [0.15, 0.2) is 0 Å². The van der Waals surface area contributed by atoms with E-state index in [9.17, 15) is 0 Å². The molecule has 0 radical (unpaired) electrons. The Kier molecular flexibility index (Phi) is 2.80. The van der Waals surface area contributed by atoms with Crippen molar-refractivity contribution in [2.24, 2.45) is 0 Å². The SMILES string of the molecule is OC[C@H]1OCC(O)[C@H](O)[C@H]1O. The van der Waals surface area contributed by atoms with E-state index in [-0.39, 0.29) is 13.2 Å². The van der Waals surface area contributed by atoms with E-state index in [1.54, 1.807) is 0 Å². The number of aliphatic hydroxyl groups is 4. The van der Waals surface area contributed by atoms with Crippen LogP contribution in [-0.4, -0.2) is 58.1 Å². The first-order chi connectivity index (χ1) is 5.16. The van der Waals surface area contributed by atoms with Gasteiger partial charge in [0.2, 0.25) is 0 Å². The lowest BCUT2D eigenvalue weighted by Gasteiger charge is -2.34. The molecule has 1 aliphatic rings. The molecule has 5 nitrogen and oxygen atoms in total. The smallest absolute Gasteiger partial charge is 0.111 e. The van der Waals surface area contributed by atoms with Gasteiger partial charge in [-0.2, -0.15) is 0 Å². The first kappa shape index (κ1) is 8.89. The summed E-state index contributed by atoms with van der Waals surface area (Å²) < 4.78 is 4.81. The monoisotopic (exact) mass is 164 g/mol. The summed E-state index contributed by atoms with van der Waals surface area (Å²) in [4.78, 5) is 0. The van der Waals surface area contributed by atoms with Crippen molar-refractivity contribution >= 4 is 0 Å². The molecule has 1 aliphatic heterocycles. The van der Waals surface area contributed by atoms with Gasteiger partial charge in [0.1, 0.15) is 24.4 Å². The minimum absolute atomic E-state index is 0.0521. The predicted octanol–water partition coefficient (Wildman–Crippen LogP) is -2.54. The highest BCUT2D eigenvalue weighted by Gasteiger charge is 2.36. The average molecular weight is 164 g/mol. The van der Waals surface area contributed by atoms with E-state index >= 15 is 0 Å². The highest BCUT2D eigenvalue weighted by atomic mass is 16.5. The van der Waals surface area contributed by atoms with E-state index in [1.807, 2.05) is 0 Å². The zero-order valence-electron chi connectivity index (χ0n) is 5.92. The zero-order valence-corrected chi connectivity index (χ0v) is 5.92. The number of hydrogen-bond donors (Lipinski definition) is 4. The largest absolute Gasteiger partial charge is 0.394 e. The molecule has 0 amide bonds. The van der Waals surface area contributed by atoms with Crippen molar-refractivity contribution in [2.75, 3.05) is 13.2 Å². The van der Waals surface area contributed by atoms with Gasteiger partial charge in [0, 0.05) is 0 Å². The molecule has 0 aromatic heterocycles. The lowest BCUT2D eigenvalue weighted by molar-refractivity contribution is -0.195. The molecule has 66 valence electrons. The molecule has 0 aromatic rings. The Balaban J connectivity index is 2.52. The fourth-order valence-electron chi connectivity index (χ4n) is 1.03. The quantitative estimate of drug-likeness (QED) is 0.343. The van der Waals surface area contributed by atoms with Crippen molar-refractivity contribution < 1.29 is 25.2 Å². The summed E-state index contributed by atoms with van der Waals surface area (Å²) in [7, 11) is 0. The maximum atomic E-state index is 9.11. The van der Waals surface area contributed by atoms with Crippen LogP contribution in [0.1, 0.15) is 0 Å². The van der Waals surface area contributed by atoms with Gasteiger partial charge < -0.3 is 25.2 Å². The molecule has 0 aromatic carbocycles. The molecule has 11 heavy (non-hydrogen) atoms. The second-order valence-electron chi connectivity index (χ2n) is 2.60. The summed E-state index contributed by atoms with van der Waals surface area (Å²) in [6, 6.07) is 0. The van der Waals surface area contributed by atoms with Gasteiger partial charge in [-0.05, 0) is 0 Å². The average Bonchev–Trinajstić information content (AvgIpc) is 2.01. The van der Waals surface area contributed by atoms with Gasteiger partial charge in [0.25, 0.3) is 0 Å². The Hall–Kier alpha value is -0.200. The molecule has 0 saturated carbocycles. The fourth-order valence-corrected chi connectivity index (χ4v) is 1.03. The summed E-state index contributed by atoms with van der Waals surface area (Å²) in [5, 5.41) is 35.7. The Labute approximate surface area is 63.8 Å². The number of aliphatic hydroxyl groups excluding tert-OH is 4. The molecule has 5 heteroatoms. The second kappa shape index (κ2) is 3.46. The third-order valence-corrected chi connectivity index (χ3v) is 1.79. The number of rotatable bonds is 1. The molecular weight excluding hydrogens is 152 g/mol. The van der Waals surface area contributed by atoms with Crippen LogP contribution in [0, 0.1) is 0 Å². The molecule has 1 saturated heterocycles. The molecule has 4 N–H and O–H groups in total. The molecule has 1 heterocycles. The summed E-state index contributed by atoms with van der Waals surface area (Å²) in [5.41, 5.74) is 0. The zero-order chi connectivity index (χ0) is 8.43. The molecule has 0 aliphatic carbocycles. The van der Waals surface area contributed by atoms with Gasteiger partial charge in [-0.1, -0.05) is 0 Å². The minimum Gasteiger partial charge on any atom is -0.394 e. The maximum absolute atomic E-state index is 9.11. The first-order valence-corrected chi connectivity index (χ1v) is 3.43. The van der Waals surface area contributed by atoms with Crippen LogP contribution in [0.5, 0.6) is 0 Å². The van der Waals surface area contributed by atoms with Gasteiger partial charge in [-0.15, -0.1) is 0 Å². The predicted molar refractivity (Wildman–Crippen MR) is 34.8 cm³/mol. The van der Waals surface area contributed by atoms with Gasteiger partial charge in [0.15, 0.2) is 0 Å². The van der Waals surface area contributed by atoms with Crippen molar-refractivity contribution in [1.82, 2.24) is 0 Å². The lowest BCUT2D eigenvalue weighted by Crippen LogP contribution is -2.53.